The molecule has 49 heavy (non-hydrogen) atoms. The molecular weight excluding hydrogens is 611 g/mol. The molecular formula is C47H35NS. The second-order valence-electron chi connectivity index (χ2n) is 13.4. The number of fused-ring (bicyclic) bond motifs is 7. The summed E-state index contributed by atoms with van der Waals surface area (Å²) in [5.41, 5.74) is 8.32. The van der Waals surface area contributed by atoms with Gasteiger partial charge in [-0.05, 0) is 80.9 Å². The highest BCUT2D eigenvalue weighted by Gasteiger charge is 2.23. The van der Waals surface area contributed by atoms with Crippen LogP contribution in [-0.4, -0.2) is 0 Å². The van der Waals surface area contributed by atoms with Crippen LogP contribution in [0.1, 0.15) is 25.0 Å². The van der Waals surface area contributed by atoms with Crippen molar-refractivity contribution in [3.8, 4) is 11.1 Å². The van der Waals surface area contributed by atoms with Crippen molar-refractivity contribution >= 4 is 70.1 Å². The molecule has 0 unspecified atom stereocenters. The Morgan fingerprint density at radius 2 is 0.980 bits per heavy atom. The Bertz CT molecular complexity index is 2600. The fourth-order valence-corrected chi connectivity index (χ4v) is 8.66. The van der Waals surface area contributed by atoms with E-state index in [1.165, 1.54) is 64.0 Å². The van der Waals surface area contributed by atoms with Crippen molar-refractivity contribution in [1.82, 2.24) is 0 Å². The monoisotopic (exact) mass is 645 g/mol. The lowest BCUT2D eigenvalue weighted by Crippen LogP contribution is -2.19. The van der Waals surface area contributed by atoms with Gasteiger partial charge in [-0.1, -0.05) is 147 Å². The highest BCUT2D eigenvalue weighted by molar-refractivity contribution is 7.26. The number of thiophene rings is 1. The second-order valence-corrected chi connectivity index (χ2v) is 14.4. The van der Waals surface area contributed by atoms with Crippen LogP contribution in [-0.2, 0) is 5.41 Å². The first kappa shape index (κ1) is 29.4. The molecule has 1 aromatic heterocycles. The fourth-order valence-electron chi connectivity index (χ4n) is 7.38. The summed E-state index contributed by atoms with van der Waals surface area (Å²) in [6.45, 7) is 4.61. The molecule has 0 amide bonds. The number of rotatable bonds is 6. The third-order valence-electron chi connectivity index (χ3n) is 10.2. The van der Waals surface area contributed by atoms with Crippen molar-refractivity contribution in [2.24, 2.45) is 0 Å². The molecule has 9 rings (SSSR count). The lowest BCUT2D eigenvalue weighted by atomic mass is 9.78. The van der Waals surface area contributed by atoms with E-state index in [1.54, 1.807) is 0 Å². The number of benzene rings is 8. The molecule has 0 N–H and O–H groups in total. The molecule has 8 aromatic carbocycles. The van der Waals surface area contributed by atoms with Gasteiger partial charge < -0.3 is 4.90 Å². The van der Waals surface area contributed by atoms with Crippen molar-refractivity contribution in [2.75, 3.05) is 4.90 Å². The molecule has 0 aliphatic carbocycles. The van der Waals surface area contributed by atoms with Crippen LogP contribution in [0.25, 0.3) is 52.8 Å². The van der Waals surface area contributed by atoms with E-state index < -0.39 is 0 Å². The van der Waals surface area contributed by atoms with Crippen LogP contribution in [0, 0.1) is 0 Å². The highest BCUT2D eigenvalue weighted by atomic mass is 32.1. The Hall–Kier alpha value is -5.70. The van der Waals surface area contributed by atoms with Crippen LogP contribution in [0.3, 0.4) is 0 Å². The first-order valence-corrected chi connectivity index (χ1v) is 17.7. The zero-order chi connectivity index (χ0) is 33.0. The Morgan fingerprint density at radius 3 is 1.73 bits per heavy atom. The van der Waals surface area contributed by atoms with Crippen molar-refractivity contribution in [3.05, 3.63) is 187 Å². The van der Waals surface area contributed by atoms with Gasteiger partial charge in [0.25, 0.3) is 0 Å². The molecule has 0 spiro atoms. The van der Waals surface area contributed by atoms with Gasteiger partial charge in [0, 0.05) is 48.0 Å². The summed E-state index contributed by atoms with van der Waals surface area (Å²) in [7, 11) is 0. The second kappa shape index (κ2) is 11.8. The topological polar surface area (TPSA) is 3.24 Å². The Kier molecular flexibility index (Phi) is 7.07. The molecule has 0 bridgehead atoms. The number of hydrogen-bond donors (Lipinski definition) is 0. The summed E-state index contributed by atoms with van der Waals surface area (Å²) >= 11 is 1.90. The normalized spacial score (nSPS) is 11.9. The van der Waals surface area contributed by atoms with Gasteiger partial charge in [0.15, 0.2) is 0 Å². The van der Waals surface area contributed by atoms with Crippen molar-refractivity contribution < 1.29 is 0 Å². The molecule has 234 valence electrons. The standard InChI is InChI=1S/C47H35NS/c1-47(2,36-13-7-4-8-14-36)37-22-26-39(27-23-37)48(38-24-19-33(20-25-38)32-11-5-3-6-12-32)40-28-30-41-35(31-40)18-17-34-21-29-43-42-15-9-10-16-44(42)49-46(43)45(34)41/h3-31H,1-2H3. The highest BCUT2D eigenvalue weighted by Crippen LogP contribution is 2.43. The lowest BCUT2D eigenvalue weighted by molar-refractivity contribution is 0.641. The fraction of sp³-hybridized carbons (Fsp3) is 0.0638. The molecule has 1 nitrogen and oxygen atoms in total. The molecule has 0 atom stereocenters. The van der Waals surface area contributed by atoms with Crippen molar-refractivity contribution in [2.45, 2.75) is 19.3 Å². The van der Waals surface area contributed by atoms with E-state index in [0.717, 1.165) is 17.1 Å². The zero-order valence-corrected chi connectivity index (χ0v) is 28.4. The van der Waals surface area contributed by atoms with Gasteiger partial charge in [0.05, 0.1) is 0 Å². The van der Waals surface area contributed by atoms with E-state index in [0.29, 0.717) is 0 Å². The summed E-state index contributed by atoms with van der Waals surface area (Å²) in [5.74, 6) is 0. The first-order valence-electron chi connectivity index (χ1n) is 16.9. The summed E-state index contributed by atoms with van der Waals surface area (Å²) in [4.78, 5) is 2.39. The summed E-state index contributed by atoms with van der Waals surface area (Å²) in [5, 5.41) is 7.82. The predicted molar refractivity (Wildman–Crippen MR) is 213 cm³/mol. The third kappa shape index (κ3) is 5.08. The molecule has 0 saturated carbocycles. The van der Waals surface area contributed by atoms with Crippen LogP contribution in [0.5, 0.6) is 0 Å². The average Bonchev–Trinajstić information content (AvgIpc) is 3.55. The molecule has 0 radical (unpaired) electrons. The summed E-state index contributed by atoms with van der Waals surface area (Å²) in [6, 6.07) is 64.3. The smallest absolute Gasteiger partial charge is 0.0468 e. The van der Waals surface area contributed by atoms with E-state index in [9.17, 15) is 0 Å². The molecule has 1 heterocycles. The van der Waals surface area contributed by atoms with Gasteiger partial charge in [-0.3, -0.25) is 0 Å². The average molecular weight is 646 g/mol. The number of hydrogen-bond acceptors (Lipinski definition) is 2. The quantitative estimate of drug-likeness (QED) is 0.163. The summed E-state index contributed by atoms with van der Waals surface area (Å²) in [6.07, 6.45) is 0. The van der Waals surface area contributed by atoms with Gasteiger partial charge >= 0.3 is 0 Å². The van der Waals surface area contributed by atoms with Crippen molar-refractivity contribution in [3.63, 3.8) is 0 Å². The minimum atomic E-state index is -0.107. The van der Waals surface area contributed by atoms with Crippen LogP contribution in [0.15, 0.2) is 176 Å². The lowest BCUT2D eigenvalue weighted by Gasteiger charge is -2.29. The van der Waals surface area contributed by atoms with Crippen molar-refractivity contribution in [1.29, 1.82) is 0 Å². The molecule has 9 aromatic rings. The molecule has 0 fully saturated rings. The first-order chi connectivity index (χ1) is 24.0. The maximum absolute atomic E-state index is 2.39. The molecule has 0 saturated heterocycles. The van der Waals surface area contributed by atoms with E-state index in [2.05, 4.69) is 195 Å². The maximum atomic E-state index is 2.39. The van der Waals surface area contributed by atoms with Gasteiger partial charge in [-0.25, -0.2) is 0 Å². The van der Waals surface area contributed by atoms with Gasteiger partial charge in [0.2, 0.25) is 0 Å². The zero-order valence-electron chi connectivity index (χ0n) is 27.6. The summed E-state index contributed by atoms with van der Waals surface area (Å²) < 4.78 is 2.70. The van der Waals surface area contributed by atoms with E-state index in [-0.39, 0.29) is 5.41 Å². The van der Waals surface area contributed by atoms with E-state index >= 15 is 0 Å². The number of anilines is 3. The molecule has 0 aliphatic rings. The van der Waals surface area contributed by atoms with Gasteiger partial charge in [-0.2, -0.15) is 0 Å². The molecule has 0 aliphatic heterocycles. The molecule has 2 heteroatoms. The minimum absolute atomic E-state index is 0.107. The van der Waals surface area contributed by atoms with Crippen LogP contribution >= 0.6 is 11.3 Å². The van der Waals surface area contributed by atoms with Crippen LogP contribution in [0.4, 0.5) is 17.1 Å². The third-order valence-corrected chi connectivity index (χ3v) is 11.4. The van der Waals surface area contributed by atoms with E-state index in [1.807, 2.05) is 11.3 Å². The van der Waals surface area contributed by atoms with Gasteiger partial charge in [-0.15, -0.1) is 11.3 Å². The van der Waals surface area contributed by atoms with Gasteiger partial charge in [0.1, 0.15) is 0 Å². The predicted octanol–water partition coefficient (Wildman–Crippen LogP) is 13.8. The Morgan fingerprint density at radius 1 is 0.429 bits per heavy atom. The minimum Gasteiger partial charge on any atom is -0.310 e. The van der Waals surface area contributed by atoms with Crippen LogP contribution in [0.2, 0.25) is 0 Å². The van der Waals surface area contributed by atoms with E-state index in [4.69, 9.17) is 0 Å². The number of nitrogens with zero attached hydrogens (tertiary/aromatic N) is 1. The largest absolute Gasteiger partial charge is 0.310 e. The Balaban J connectivity index is 1.18. The van der Waals surface area contributed by atoms with Crippen LogP contribution < -0.4 is 4.90 Å². The maximum Gasteiger partial charge on any atom is 0.0468 e. The Labute approximate surface area is 291 Å². The SMILES string of the molecule is CC(C)(c1ccccc1)c1ccc(N(c2ccc(-c3ccccc3)cc2)c2ccc3c(ccc4ccc5c6ccccc6sc5c43)c2)cc1.